The molecule has 0 spiro atoms. The number of nitrogens with one attached hydrogen (secondary N) is 1. The first kappa shape index (κ1) is 33.2. The Labute approximate surface area is 264 Å². The maximum absolute atomic E-state index is 14.8. The van der Waals surface area contributed by atoms with E-state index in [0.717, 1.165) is 9.87 Å². The highest BCUT2D eigenvalue weighted by Gasteiger charge is 2.33. The quantitative estimate of drug-likeness (QED) is 0.183. The predicted octanol–water partition coefficient (Wildman–Crippen LogP) is 6.45. The number of anilines is 1. The molecule has 8 nitrogen and oxygen atoms in total. The van der Waals surface area contributed by atoms with Crippen LogP contribution >= 0.6 is 0 Å². The van der Waals surface area contributed by atoms with E-state index in [2.05, 4.69) is 5.32 Å². The molecule has 0 aliphatic carbocycles. The topological polar surface area (TPSA) is 96.0 Å². The van der Waals surface area contributed by atoms with Crippen molar-refractivity contribution in [2.45, 2.75) is 57.6 Å². The lowest BCUT2D eigenvalue weighted by atomic mass is 10.1. The number of para-hydroxylation sites is 1. The van der Waals surface area contributed by atoms with Crippen LogP contribution in [-0.2, 0) is 26.2 Å². The van der Waals surface area contributed by atoms with Crippen LogP contribution in [0.5, 0.6) is 11.5 Å². The van der Waals surface area contributed by atoms with E-state index < -0.39 is 40.2 Å². The van der Waals surface area contributed by atoms with E-state index in [1.807, 2.05) is 39.0 Å². The van der Waals surface area contributed by atoms with Crippen molar-refractivity contribution in [1.82, 2.24) is 10.2 Å². The van der Waals surface area contributed by atoms with Crippen molar-refractivity contribution < 1.29 is 27.1 Å². The number of carbonyl (C=O) groups excluding carboxylic acids is 2. The number of rotatable bonds is 13. The van der Waals surface area contributed by atoms with Crippen LogP contribution in [0.15, 0.2) is 108 Å². The molecule has 0 unspecified atom stereocenters. The van der Waals surface area contributed by atoms with Crippen molar-refractivity contribution >= 4 is 27.5 Å². The Bertz CT molecular complexity index is 1700. The van der Waals surface area contributed by atoms with E-state index >= 15 is 0 Å². The van der Waals surface area contributed by atoms with Gasteiger partial charge < -0.3 is 15.0 Å². The number of nitrogens with zero attached hydrogens (tertiary/aromatic N) is 2. The Kier molecular flexibility index (Phi) is 11.0. The molecule has 0 saturated heterocycles. The van der Waals surface area contributed by atoms with E-state index in [1.54, 1.807) is 61.5 Å². The largest absolute Gasteiger partial charge is 0.457 e. The number of ether oxygens (including phenoxy) is 1. The van der Waals surface area contributed by atoms with E-state index in [1.165, 1.54) is 35.2 Å². The van der Waals surface area contributed by atoms with Gasteiger partial charge in [0, 0.05) is 18.2 Å². The number of carbonyl (C=O) groups is 2. The second-order valence-electron chi connectivity index (χ2n) is 10.8. The number of hydrogen-bond donors (Lipinski definition) is 1. The summed E-state index contributed by atoms with van der Waals surface area (Å²) in [5, 5.41) is 2.87. The zero-order valence-electron chi connectivity index (χ0n) is 25.8. The molecule has 10 heteroatoms. The molecule has 0 aliphatic rings. The van der Waals surface area contributed by atoms with Crippen molar-refractivity contribution in [3.8, 4) is 11.5 Å². The van der Waals surface area contributed by atoms with Gasteiger partial charge in [0.15, 0.2) is 0 Å². The fourth-order valence-corrected chi connectivity index (χ4v) is 5.94. The first-order chi connectivity index (χ1) is 21.5. The highest BCUT2D eigenvalue weighted by molar-refractivity contribution is 7.92. The molecule has 4 rings (SSSR count). The minimum Gasteiger partial charge on any atom is -0.457 e. The number of sulfonamides is 1. The minimum atomic E-state index is -4.25. The molecule has 0 saturated carbocycles. The second-order valence-corrected chi connectivity index (χ2v) is 12.7. The van der Waals surface area contributed by atoms with Gasteiger partial charge in [-0.3, -0.25) is 13.9 Å². The van der Waals surface area contributed by atoms with Crippen molar-refractivity contribution in [3.05, 3.63) is 120 Å². The molecular weight excluding hydrogens is 593 g/mol. The van der Waals surface area contributed by atoms with Crippen molar-refractivity contribution in [1.29, 1.82) is 0 Å². The Balaban J connectivity index is 1.71. The molecule has 236 valence electrons. The van der Waals surface area contributed by atoms with E-state index in [-0.39, 0.29) is 28.7 Å². The number of amides is 2. The minimum absolute atomic E-state index is 0.00581. The lowest BCUT2D eigenvalue weighted by Crippen LogP contribution is -2.52. The molecule has 2 atom stereocenters. The standard InChI is InChI=1S/C35H38FN3O5S/c1-5-26(3)37-35(41)27(4)38(23-28-11-9-10-14-33(28)36)34(40)24-39(45(42,43)32-21-15-25(2)16-22-32)29-17-19-31(20-18-29)44-30-12-7-6-8-13-30/h6-22,26-27H,5,23-24H2,1-4H3,(H,37,41)/t26-,27+/m1/s1. The molecule has 0 radical (unpaired) electrons. The molecule has 0 fully saturated rings. The first-order valence-electron chi connectivity index (χ1n) is 14.7. The second kappa shape index (κ2) is 14.9. The van der Waals surface area contributed by atoms with Crippen LogP contribution in [0, 0.1) is 12.7 Å². The third-order valence-corrected chi connectivity index (χ3v) is 9.25. The Morgan fingerprint density at radius 2 is 1.44 bits per heavy atom. The van der Waals surface area contributed by atoms with Gasteiger partial charge in [0.05, 0.1) is 10.6 Å². The predicted molar refractivity (Wildman–Crippen MR) is 173 cm³/mol. The molecule has 45 heavy (non-hydrogen) atoms. The summed E-state index contributed by atoms with van der Waals surface area (Å²) in [6.45, 7) is 6.28. The summed E-state index contributed by atoms with van der Waals surface area (Å²) in [6, 6.07) is 26.6. The van der Waals surface area contributed by atoms with Gasteiger partial charge in [-0.2, -0.15) is 0 Å². The fourth-order valence-electron chi connectivity index (χ4n) is 4.53. The van der Waals surface area contributed by atoms with Crippen LogP contribution in [0.3, 0.4) is 0 Å². The van der Waals surface area contributed by atoms with E-state index in [0.29, 0.717) is 17.9 Å². The molecular formula is C35H38FN3O5S. The summed E-state index contributed by atoms with van der Waals surface area (Å²) >= 11 is 0. The van der Waals surface area contributed by atoms with E-state index in [9.17, 15) is 22.4 Å². The van der Waals surface area contributed by atoms with Gasteiger partial charge in [-0.25, -0.2) is 12.8 Å². The maximum Gasteiger partial charge on any atom is 0.264 e. The van der Waals surface area contributed by atoms with Crippen LogP contribution in [0.4, 0.5) is 10.1 Å². The van der Waals surface area contributed by atoms with Gasteiger partial charge >= 0.3 is 0 Å². The van der Waals surface area contributed by atoms with Crippen LogP contribution < -0.4 is 14.4 Å². The van der Waals surface area contributed by atoms with Gasteiger partial charge in [-0.05, 0) is 81.8 Å². The smallest absolute Gasteiger partial charge is 0.264 e. The number of aryl methyl sites for hydroxylation is 1. The lowest BCUT2D eigenvalue weighted by molar-refractivity contribution is -0.139. The van der Waals surface area contributed by atoms with Crippen LogP contribution in [0.25, 0.3) is 0 Å². The van der Waals surface area contributed by atoms with Crippen molar-refractivity contribution in [3.63, 3.8) is 0 Å². The monoisotopic (exact) mass is 631 g/mol. The van der Waals surface area contributed by atoms with Gasteiger partial charge in [0.1, 0.15) is 29.9 Å². The van der Waals surface area contributed by atoms with Gasteiger partial charge in [-0.1, -0.05) is 61.0 Å². The number of hydrogen-bond acceptors (Lipinski definition) is 5. The lowest BCUT2D eigenvalue weighted by Gasteiger charge is -2.32. The Morgan fingerprint density at radius 3 is 2.07 bits per heavy atom. The summed E-state index contributed by atoms with van der Waals surface area (Å²) in [6.07, 6.45) is 0.673. The average Bonchev–Trinajstić information content (AvgIpc) is 3.03. The summed E-state index contributed by atoms with van der Waals surface area (Å²) in [5.41, 5.74) is 1.28. The molecule has 0 heterocycles. The van der Waals surface area contributed by atoms with E-state index in [4.69, 9.17) is 4.74 Å². The summed E-state index contributed by atoms with van der Waals surface area (Å²) < 4.78 is 49.7. The van der Waals surface area contributed by atoms with Gasteiger partial charge in [-0.15, -0.1) is 0 Å². The zero-order valence-corrected chi connectivity index (χ0v) is 26.6. The third-order valence-electron chi connectivity index (χ3n) is 7.46. The highest BCUT2D eigenvalue weighted by Crippen LogP contribution is 2.29. The summed E-state index contributed by atoms with van der Waals surface area (Å²) in [7, 11) is -4.25. The third kappa shape index (κ3) is 8.48. The zero-order chi connectivity index (χ0) is 32.6. The first-order valence-corrected chi connectivity index (χ1v) is 16.2. The average molecular weight is 632 g/mol. The van der Waals surface area contributed by atoms with Gasteiger partial charge in [0.25, 0.3) is 10.0 Å². The summed E-state index contributed by atoms with van der Waals surface area (Å²) in [5.74, 6) is -0.559. The molecule has 0 aliphatic heterocycles. The normalized spacial score (nSPS) is 12.6. The highest BCUT2D eigenvalue weighted by atomic mass is 32.2. The van der Waals surface area contributed by atoms with Crippen molar-refractivity contribution in [2.75, 3.05) is 10.8 Å². The van der Waals surface area contributed by atoms with Gasteiger partial charge in [0.2, 0.25) is 11.8 Å². The molecule has 4 aromatic rings. The maximum atomic E-state index is 14.8. The van der Waals surface area contributed by atoms with Crippen LogP contribution in [-0.4, -0.2) is 43.8 Å². The molecule has 1 N–H and O–H groups in total. The van der Waals surface area contributed by atoms with Crippen LogP contribution in [0.1, 0.15) is 38.3 Å². The van der Waals surface area contributed by atoms with Crippen LogP contribution in [0.2, 0.25) is 0 Å². The fraction of sp³-hybridized carbons (Fsp3) is 0.257. The molecule has 0 aromatic heterocycles. The molecule has 4 aromatic carbocycles. The Hall–Kier alpha value is -4.70. The summed E-state index contributed by atoms with van der Waals surface area (Å²) in [4.78, 5) is 28.5. The molecule has 2 amide bonds. The number of halogens is 1. The number of benzene rings is 4. The van der Waals surface area contributed by atoms with Crippen molar-refractivity contribution in [2.24, 2.45) is 0 Å². The molecule has 0 bridgehead atoms. The SMILES string of the molecule is CC[C@@H](C)NC(=O)[C@H](C)N(Cc1ccccc1F)C(=O)CN(c1ccc(Oc2ccccc2)cc1)S(=O)(=O)c1ccc(C)cc1. The Morgan fingerprint density at radius 1 is 0.844 bits per heavy atom.